The number of hydrogen-bond donors (Lipinski definition) is 2. The van der Waals surface area contributed by atoms with Gasteiger partial charge in [-0.2, -0.15) is 0 Å². The van der Waals surface area contributed by atoms with Gasteiger partial charge in [0.25, 0.3) is 0 Å². The van der Waals surface area contributed by atoms with Crippen molar-refractivity contribution >= 4 is 5.97 Å². The Morgan fingerprint density at radius 2 is 2.07 bits per heavy atom. The molecule has 0 bridgehead atoms. The van der Waals surface area contributed by atoms with E-state index in [-0.39, 0.29) is 5.92 Å². The first-order chi connectivity index (χ1) is 7.18. The Bertz CT molecular complexity index is 358. The molecule has 15 heavy (non-hydrogen) atoms. The van der Waals surface area contributed by atoms with E-state index in [0.29, 0.717) is 0 Å². The van der Waals surface area contributed by atoms with E-state index in [0.717, 1.165) is 18.5 Å². The van der Waals surface area contributed by atoms with Crippen molar-refractivity contribution in [2.45, 2.75) is 25.3 Å². The zero-order chi connectivity index (χ0) is 10.8. The lowest BCUT2D eigenvalue weighted by atomic mass is 9.91. The first-order valence-corrected chi connectivity index (χ1v) is 5.21. The van der Waals surface area contributed by atoms with Crippen molar-refractivity contribution in [2.75, 3.05) is 6.54 Å². The SMILES string of the molecule is Cc1ccc([C@H]2CCN[C@@H]2C(=O)O)cc1. The van der Waals surface area contributed by atoms with Crippen LogP contribution in [0.15, 0.2) is 24.3 Å². The maximum absolute atomic E-state index is 11.0. The summed E-state index contributed by atoms with van der Waals surface area (Å²) in [4.78, 5) is 11.0. The van der Waals surface area contributed by atoms with Crippen molar-refractivity contribution in [2.24, 2.45) is 0 Å². The van der Waals surface area contributed by atoms with Crippen LogP contribution in [0.25, 0.3) is 0 Å². The molecule has 3 nitrogen and oxygen atoms in total. The topological polar surface area (TPSA) is 49.3 Å². The highest BCUT2D eigenvalue weighted by atomic mass is 16.4. The summed E-state index contributed by atoms with van der Waals surface area (Å²) in [6.07, 6.45) is 0.903. The number of rotatable bonds is 2. The predicted molar refractivity (Wildman–Crippen MR) is 58.0 cm³/mol. The number of aliphatic carboxylic acids is 1. The highest BCUT2D eigenvalue weighted by molar-refractivity contribution is 5.75. The summed E-state index contributed by atoms with van der Waals surface area (Å²) in [5, 5.41) is 12.1. The molecular formula is C12H15NO2. The van der Waals surface area contributed by atoms with Gasteiger partial charge >= 0.3 is 5.97 Å². The molecule has 1 aliphatic heterocycles. The molecule has 0 radical (unpaired) electrons. The molecule has 0 saturated carbocycles. The van der Waals surface area contributed by atoms with Crippen molar-refractivity contribution < 1.29 is 9.90 Å². The monoisotopic (exact) mass is 205 g/mol. The van der Waals surface area contributed by atoms with Crippen LogP contribution in [-0.4, -0.2) is 23.7 Å². The molecule has 1 heterocycles. The number of benzene rings is 1. The van der Waals surface area contributed by atoms with Gasteiger partial charge in [0, 0.05) is 5.92 Å². The van der Waals surface area contributed by atoms with Gasteiger partial charge in [0.1, 0.15) is 6.04 Å². The van der Waals surface area contributed by atoms with E-state index in [1.54, 1.807) is 0 Å². The minimum absolute atomic E-state index is 0.114. The van der Waals surface area contributed by atoms with Crippen LogP contribution in [0.3, 0.4) is 0 Å². The third kappa shape index (κ3) is 2.02. The number of aryl methyl sites for hydroxylation is 1. The van der Waals surface area contributed by atoms with Gasteiger partial charge in [0.15, 0.2) is 0 Å². The van der Waals surface area contributed by atoms with Crippen molar-refractivity contribution in [1.82, 2.24) is 5.32 Å². The Hall–Kier alpha value is -1.35. The third-order valence-electron chi connectivity index (χ3n) is 2.99. The summed E-state index contributed by atoms with van der Waals surface area (Å²) >= 11 is 0. The van der Waals surface area contributed by atoms with Crippen LogP contribution >= 0.6 is 0 Å². The second-order valence-corrected chi connectivity index (χ2v) is 4.08. The summed E-state index contributed by atoms with van der Waals surface area (Å²) in [7, 11) is 0. The third-order valence-corrected chi connectivity index (χ3v) is 2.99. The van der Waals surface area contributed by atoms with Crippen LogP contribution in [0.5, 0.6) is 0 Å². The Kier molecular flexibility index (Phi) is 2.73. The molecule has 0 spiro atoms. The van der Waals surface area contributed by atoms with Gasteiger partial charge in [-0.1, -0.05) is 29.8 Å². The van der Waals surface area contributed by atoms with Crippen molar-refractivity contribution in [3.05, 3.63) is 35.4 Å². The lowest BCUT2D eigenvalue weighted by Gasteiger charge is -2.15. The Morgan fingerprint density at radius 1 is 1.40 bits per heavy atom. The fourth-order valence-corrected chi connectivity index (χ4v) is 2.14. The standard InChI is InChI=1S/C12H15NO2/c1-8-2-4-9(5-3-8)10-6-7-13-11(10)12(14)15/h2-5,10-11,13H,6-7H2,1H3,(H,14,15)/t10-,11+/m1/s1. The molecule has 1 aliphatic rings. The zero-order valence-electron chi connectivity index (χ0n) is 8.73. The maximum atomic E-state index is 11.0. The molecule has 0 aromatic heterocycles. The van der Waals surface area contributed by atoms with E-state index in [1.807, 2.05) is 31.2 Å². The fourth-order valence-electron chi connectivity index (χ4n) is 2.14. The number of nitrogens with one attached hydrogen (secondary N) is 1. The summed E-state index contributed by atoms with van der Waals surface area (Å²) in [5.74, 6) is -0.638. The van der Waals surface area contributed by atoms with Gasteiger partial charge in [-0.15, -0.1) is 0 Å². The Balaban J connectivity index is 2.22. The lowest BCUT2D eigenvalue weighted by Crippen LogP contribution is -2.34. The molecule has 0 aliphatic carbocycles. The number of hydrogen-bond acceptors (Lipinski definition) is 2. The van der Waals surface area contributed by atoms with Crippen molar-refractivity contribution in [3.8, 4) is 0 Å². The molecular weight excluding hydrogens is 190 g/mol. The average molecular weight is 205 g/mol. The maximum Gasteiger partial charge on any atom is 0.321 e. The van der Waals surface area contributed by atoms with Crippen LogP contribution in [0.4, 0.5) is 0 Å². The predicted octanol–water partition coefficient (Wildman–Crippen LogP) is 1.53. The molecule has 3 heteroatoms. The molecule has 1 aromatic carbocycles. The van der Waals surface area contributed by atoms with Crippen LogP contribution in [0.1, 0.15) is 23.5 Å². The van der Waals surface area contributed by atoms with Gasteiger partial charge in [-0.25, -0.2) is 0 Å². The molecule has 2 atom stereocenters. The summed E-state index contributed by atoms with van der Waals surface area (Å²) in [6.45, 7) is 2.82. The normalized spacial score (nSPS) is 25.4. The molecule has 0 amide bonds. The average Bonchev–Trinajstić information content (AvgIpc) is 2.67. The number of carboxylic acids is 1. The minimum atomic E-state index is -0.752. The van der Waals surface area contributed by atoms with Crippen LogP contribution in [0.2, 0.25) is 0 Å². The van der Waals surface area contributed by atoms with Crippen LogP contribution < -0.4 is 5.32 Å². The molecule has 80 valence electrons. The molecule has 1 fully saturated rings. The smallest absolute Gasteiger partial charge is 0.321 e. The van der Waals surface area contributed by atoms with Crippen molar-refractivity contribution in [1.29, 1.82) is 0 Å². The van der Waals surface area contributed by atoms with Gasteiger partial charge < -0.3 is 10.4 Å². The first-order valence-electron chi connectivity index (χ1n) is 5.21. The molecule has 2 N–H and O–H groups in total. The summed E-state index contributed by atoms with van der Waals surface area (Å²) in [6, 6.07) is 7.71. The van der Waals surface area contributed by atoms with Crippen molar-refractivity contribution in [3.63, 3.8) is 0 Å². The van der Waals surface area contributed by atoms with E-state index in [4.69, 9.17) is 5.11 Å². The number of carbonyl (C=O) groups is 1. The van der Waals surface area contributed by atoms with E-state index in [2.05, 4.69) is 5.32 Å². The second-order valence-electron chi connectivity index (χ2n) is 4.08. The van der Waals surface area contributed by atoms with Gasteiger partial charge in [0.05, 0.1) is 0 Å². The molecule has 1 saturated heterocycles. The fraction of sp³-hybridized carbons (Fsp3) is 0.417. The van der Waals surface area contributed by atoms with Gasteiger partial charge in [0.2, 0.25) is 0 Å². The highest BCUT2D eigenvalue weighted by Crippen LogP contribution is 2.27. The zero-order valence-corrected chi connectivity index (χ0v) is 8.73. The van der Waals surface area contributed by atoms with Crippen LogP contribution in [0, 0.1) is 6.92 Å². The van der Waals surface area contributed by atoms with E-state index in [1.165, 1.54) is 5.56 Å². The first kappa shape index (κ1) is 10.2. The second kappa shape index (κ2) is 4.03. The van der Waals surface area contributed by atoms with E-state index < -0.39 is 12.0 Å². The lowest BCUT2D eigenvalue weighted by molar-refractivity contribution is -0.139. The van der Waals surface area contributed by atoms with E-state index >= 15 is 0 Å². The minimum Gasteiger partial charge on any atom is -0.480 e. The summed E-state index contributed by atoms with van der Waals surface area (Å²) < 4.78 is 0. The van der Waals surface area contributed by atoms with E-state index in [9.17, 15) is 4.79 Å². The molecule has 2 rings (SSSR count). The quantitative estimate of drug-likeness (QED) is 0.769. The number of carboxylic acid groups (broad SMARTS) is 1. The Labute approximate surface area is 89.1 Å². The van der Waals surface area contributed by atoms with Gasteiger partial charge in [-0.05, 0) is 25.5 Å². The molecule has 1 aromatic rings. The van der Waals surface area contributed by atoms with Crippen LogP contribution in [-0.2, 0) is 4.79 Å². The summed E-state index contributed by atoms with van der Waals surface area (Å²) in [5.41, 5.74) is 2.33. The van der Waals surface area contributed by atoms with Gasteiger partial charge in [-0.3, -0.25) is 4.79 Å². The Morgan fingerprint density at radius 3 is 2.67 bits per heavy atom. The molecule has 0 unspecified atom stereocenters. The largest absolute Gasteiger partial charge is 0.480 e. The highest BCUT2D eigenvalue weighted by Gasteiger charge is 2.33.